The van der Waals surface area contributed by atoms with E-state index in [9.17, 15) is 35.5 Å². The summed E-state index contributed by atoms with van der Waals surface area (Å²) in [4.78, 5) is 44.0. The number of fused-ring (bicyclic) bond motifs is 4. The van der Waals surface area contributed by atoms with Gasteiger partial charge in [0.1, 0.15) is 33.3 Å². The molecule has 3 aliphatic carbocycles. The van der Waals surface area contributed by atoms with Crippen LogP contribution in [0.1, 0.15) is 198 Å². The molecule has 0 atom stereocenters. The van der Waals surface area contributed by atoms with Gasteiger partial charge >= 0.3 is 59.1 Å². The van der Waals surface area contributed by atoms with Crippen LogP contribution in [0.2, 0.25) is 0 Å². The number of benzene rings is 10. The van der Waals surface area contributed by atoms with E-state index >= 15 is 0 Å². The van der Waals surface area contributed by atoms with Gasteiger partial charge in [-0.15, -0.1) is 0 Å². The SMILES string of the molecule is C.CC[NH+]=C1C=CC(=C(c2ccc(N(CC)CC)cc2)c2ccc(N(CC)CC)cc2C)c2ccccc21.CC[NH+]=C1C=CC(=C(c2ccc(N(CC)CC)cc2)c2ccc(N(CC)CC)cc2C)c2ccccc21.Cc1cc(C)c(S(=O)(=O)[O-])c(C)c1Nc1ccc(Nc2c(C)cc(C)c(S(=O)(=O)[O-])c2C)c2c1C(=O)c1ccccc1C2=O.[Cl-].[Na+].[Na+]. The van der Waals surface area contributed by atoms with Crippen LogP contribution in [0.3, 0.4) is 0 Å². The summed E-state index contributed by atoms with van der Waals surface area (Å²) in [5.41, 5.74) is 28.8. The fraction of sp³-hybridized carbons (Fsp3) is 0.287. The molecule has 0 spiro atoms. The van der Waals surface area contributed by atoms with Crippen LogP contribution in [0.25, 0.3) is 22.3 Å². The van der Waals surface area contributed by atoms with Crippen LogP contribution in [0.4, 0.5) is 45.5 Å². The van der Waals surface area contributed by atoms with Crippen LogP contribution >= 0.6 is 0 Å². The van der Waals surface area contributed by atoms with Crippen molar-refractivity contribution in [1.29, 1.82) is 0 Å². The first-order chi connectivity index (χ1) is 56.5. The normalized spacial score (nSPS) is 13.8. The van der Waals surface area contributed by atoms with Crippen molar-refractivity contribution in [3.05, 3.63) is 318 Å². The molecule has 122 heavy (non-hydrogen) atoms. The topological polar surface area (TPSA) is 214 Å². The van der Waals surface area contributed by atoms with Crippen molar-refractivity contribution in [3.63, 3.8) is 0 Å². The standard InChI is InChI=1S/2C34H41N3.C32H30N2O8S2.CH4.ClH.2Na/c2*1-7-35-33-23-22-32(30-14-12-13-15-31(30)33)34(26-16-18-27(19-17-26)36(8-2)9-3)29-21-20-28(24-25(29)6)37(10-4)11-5;1-15-13-17(3)31(43(37,38)39)19(5)27(15)33-23-11-12-24(26-25(23)29(35)21-9-7-8-10-22(21)30(26)36)34-28-16(2)14-18(4)32(20(28)6)44(40,41)42;;;;/h2*12-24H,7-11H2,1-6H3;7-14,33-34H,1-6H3,(H,37,38,39)(H,40,41,42);1H4;1H;;/q;;;;;2*+1/p-1. The van der Waals surface area contributed by atoms with Crippen LogP contribution in [-0.4, -0.2) is 114 Å². The molecular weight excluding hydrogens is 1600 g/mol. The van der Waals surface area contributed by atoms with Gasteiger partial charge in [0.25, 0.3) is 0 Å². The monoisotopic (exact) mass is 1710 g/mol. The van der Waals surface area contributed by atoms with Gasteiger partial charge in [0.15, 0.2) is 11.6 Å². The third-order valence-corrected chi connectivity index (χ3v) is 25.1. The summed E-state index contributed by atoms with van der Waals surface area (Å²) in [5, 5.41) is 6.23. The average Bonchev–Trinajstić information content (AvgIpc) is 0.717. The predicted molar refractivity (Wildman–Crippen MR) is 494 cm³/mol. The molecule has 0 bridgehead atoms. The second-order valence-electron chi connectivity index (χ2n) is 30.0. The maximum absolute atomic E-state index is 14.0. The van der Waals surface area contributed by atoms with Crippen LogP contribution in [0.5, 0.6) is 0 Å². The molecule has 0 aromatic heterocycles. The zero-order valence-electron chi connectivity index (χ0n) is 74.0. The van der Waals surface area contributed by atoms with E-state index in [0.717, 1.165) is 65.4 Å². The van der Waals surface area contributed by atoms with Gasteiger partial charge in [-0.05, 0) is 310 Å². The van der Waals surface area contributed by atoms with E-state index in [1.54, 1.807) is 38.1 Å². The molecule has 21 heteroatoms. The van der Waals surface area contributed by atoms with Gasteiger partial charge in [0.05, 0.1) is 43.4 Å². The van der Waals surface area contributed by atoms with Gasteiger partial charge in [0.2, 0.25) is 11.4 Å². The van der Waals surface area contributed by atoms with Gasteiger partial charge in [-0.25, -0.2) is 26.8 Å². The number of hydrogen-bond donors (Lipinski definition) is 4. The summed E-state index contributed by atoms with van der Waals surface area (Å²) >= 11 is 0. The number of nitrogens with zero attached hydrogens (tertiary/aromatic N) is 4. The number of anilines is 8. The molecule has 0 radical (unpaired) electrons. The maximum atomic E-state index is 14.0. The van der Waals surface area contributed by atoms with Gasteiger partial charge in [-0.3, -0.25) is 9.59 Å². The zero-order chi connectivity index (χ0) is 85.2. The number of aryl methyl sites for hydroxylation is 6. The Morgan fingerprint density at radius 2 is 0.639 bits per heavy atom. The summed E-state index contributed by atoms with van der Waals surface area (Å²) in [5.74, 6) is -0.943. The second-order valence-corrected chi connectivity index (χ2v) is 32.6. The van der Waals surface area contributed by atoms with Crippen LogP contribution in [0.15, 0.2) is 216 Å². The zero-order valence-corrected chi connectivity index (χ0v) is 80.3. The van der Waals surface area contributed by atoms with E-state index in [4.69, 9.17) is 0 Å². The Bertz CT molecular complexity index is 5580. The minimum absolute atomic E-state index is 0. The van der Waals surface area contributed by atoms with Crippen molar-refractivity contribution < 1.29 is 117 Å². The van der Waals surface area contributed by atoms with Gasteiger partial charge in [-0.1, -0.05) is 117 Å². The molecular formula is C101H116ClN8Na2O8S2+. The molecule has 3 aliphatic rings. The minimum atomic E-state index is -4.83. The number of nitrogens with one attached hydrogen (secondary N) is 4. The van der Waals surface area contributed by atoms with Crippen LogP contribution in [0, 0.1) is 55.4 Å². The Balaban J connectivity index is 0.000000249. The molecule has 0 unspecified atom stereocenters. The molecule has 0 amide bonds. The quantitative estimate of drug-likeness (QED) is 0.0328. The Hall–Kier alpha value is -9.25. The first-order valence-corrected chi connectivity index (χ1v) is 44.1. The van der Waals surface area contributed by atoms with Crippen molar-refractivity contribution in [2.24, 2.45) is 0 Å². The van der Waals surface area contributed by atoms with Crippen molar-refractivity contribution in [2.45, 2.75) is 142 Å². The van der Waals surface area contributed by atoms with E-state index in [1.165, 1.54) is 164 Å². The Labute approximate surface area is 776 Å². The molecule has 628 valence electrons. The van der Waals surface area contributed by atoms with Crippen molar-refractivity contribution in [3.8, 4) is 0 Å². The number of hydrogen-bond acceptors (Lipinski definition) is 14. The molecule has 0 aliphatic heterocycles. The summed E-state index contributed by atoms with van der Waals surface area (Å²) < 4.78 is 72.5. The Kier molecular flexibility index (Phi) is 35.9. The van der Waals surface area contributed by atoms with E-state index in [1.807, 2.05) is 0 Å². The fourth-order valence-electron chi connectivity index (χ4n) is 17.1. The van der Waals surface area contributed by atoms with Gasteiger partial charge in [0, 0.05) is 110 Å². The molecule has 0 saturated heterocycles. The smallest absolute Gasteiger partial charge is 1.00 e. The van der Waals surface area contributed by atoms with Crippen molar-refractivity contribution in [2.75, 3.05) is 95.7 Å². The Morgan fingerprint density at radius 1 is 0.352 bits per heavy atom. The number of halogens is 1. The van der Waals surface area contributed by atoms with Crippen LogP contribution < -0.4 is 112 Å². The van der Waals surface area contributed by atoms with Crippen molar-refractivity contribution >= 4 is 111 Å². The first kappa shape index (κ1) is 99.8. The third-order valence-electron chi connectivity index (χ3n) is 22.8. The maximum Gasteiger partial charge on any atom is 1.00 e. The van der Waals surface area contributed by atoms with Gasteiger partial charge in [-0.2, -0.15) is 0 Å². The number of carbonyl (C=O) groups excluding carboxylic acids is 2. The van der Waals surface area contributed by atoms with Gasteiger partial charge < -0.3 is 51.7 Å². The number of rotatable bonds is 24. The number of allylic oxidation sites excluding steroid dienone is 6. The molecule has 16 nitrogen and oxygen atoms in total. The second kappa shape index (κ2) is 43.9. The Morgan fingerprint density at radius 3 is 0.926 bits per heavy atom. The minimum Gasteiger partial charge on any atom is -1.00 e. The molecule has 0 fully saturated rings. The van der Waals surface area contributed by atoms with E-state index in [0.29, 0.717) is 22.5 Å². The third kappa shape index (κ3) is 21.2. The van der Waals surface area contributed by atoms with Crippen LogP contribution in [-0.2, 0) is 20.2 Å². The number of ketones is 2. The molecule has 13 rings (SSSR count). The van der Waals surface area contributed by atoms with Crippen molar-refractivity contribution in [1.82, 2.24) is 0 Å². The van der Waals surface area contributed by atoms with E-state index in [2.05, 4.69) is 281 Å². The predicted octanol–water partition coefficient (Wildman–Crippen LogP) is 9.47. The summed E-state index contributed by atoms with van der Waals surface area (Å²) in [7, 11) is -9.65. The average molecular weight is 1720 g/mol. The molecule has 0 heterocycles. The molecule has 4 N–H and O–H groups in total. The first-order valence-electron chi connectivity index (χ1n) is 41.3. The number of carbonyl (C=O) groups is 2. The summed E-state index contributed by atoms with van der Waals surface area (Å²) in [6.07, 6.45) is 9.08. The molecule has 10 aromatic rings. The van der Waals surface area contributed by atoms with E-state index < -0.39 is 31.8 Å². The largest absolute Gasteiger partial charge is 1.00 e. The molecule has 10 aromatic carbocycles. The summed E-state index contributed by atoms with van der Waals surface area (Å²) in [6, 6.07) is 62.3. The van der Waals surface area contributed by atoms with E-state index in [-0.39, 0.29) is 145 Å². The fourth-order valence-corrected chi connectivity index (χ4v) is 19.0. The summed E-state index contributed by atoms with van der Waals surface area (Å²) in [6.45, 7) is 45.9. The molecule has 0 saturated carbocycles.